The Labute approximate surface area is 122 Å². The van der Waals surface area contributed by atoms with Gasteiger partial charge in [-0.05, 0) is 26.2 Å². The van der Waals surface area contributed by atoms with Crippen molar-refractivity contribution >= 4 is 17.9 Å². The van der Waals surface area contributed by atoms with E-state index in [1.165, 1.54) is 0 Å². The molecule has 3 amide bonds. The normalized spacial score (nSPS) is 32.1. The fourth-order valence-corrected chi connectivity index (χ4v) is 2.69. The number of nitrogens with one attached hydrogen (secondary N) is 1. The van der Waals surface area contributed by atoms with Gasteiger partial charge in [-0.15, -0.1) is 0 Å². The van der Waals surface area contributed by atoms with E-state index >= 15 is 0 Å². The van der Waals surface area contributed by atoms with Crippen LogP contribution < -0.4 is 11.1 Å². The molecule has 21 heavy (non-hydrogen) atoms. The van der Waals surface area contributed by atoms with Crippen LogP contribution >= 0.6 is 0 Å². The first-order chi connectivity index (χ1) is 9.82. The van der Waals surface area contributed by atoms with Gasteiger partial charge in [0.1, 0.15) is 0 Å². The van der Waals surface area contributed by atoms with E-state index in [0.29, 0.717) is 32.4 Å². The average molecular weight is 299 g/mol. The predicted molar refractivity (Wildman–Crippen MR) is 72.4 cm³/mol. The summed E-state index contributed by atoms with van der Waals surface area (Å²) in [4.78, 5) is 35.7. The minimum absolute atomic E-state index is 0.270. The van der Waals surface area contributed by atoms with Crippen molar-refractivity contribution in [2.45, 2.75) is 38.4 Å². The molecule has 0 spiro atoms. The average Bonchev–Trinajstić information content (AvgIpc) is 3.03. The second kappa shape index (κ2) is 5.88. The zero-order valence-corrected chi connectivity index (χ0v) is 12.0. The number of carboxylic acids is 1. The number of amides is 3. The fraction of sp³-hybridized carbons (Fsp3) is 0.769. The minimum atomic E-state index is -0.972. The summed E-state index contributed by atoms with van der Waals surface area (Å²) < 4.78 is 5.31. The number of nitrogens with zero attached hydrogens (tertiary/aromatic N) is 1. The monoisotopic (exact) mass is 299 g/mol. The molecule has 2 fully saturated rings. The van der Waals surface area contributed by atoms with Gasteiger partial charge in [0, 0.05) is 19.6 Å². The quantitative estimate of drug-likeness (QED) is 0.647. The van der Waals surface area contributed by atoms with Gasteiger partial charge < -0.3 is 25.8 Å². The van der Waals surface area contributed by atoms with Gasteiger partial charge in [0.15, 0.2) is 6.10 Å². The number of hydrogen-bond acceptors (Lipinski definition) is 4. The molecule has 3 atom stereocenters. The summed E-state index contributed by atoms with van der Waals surface area (Å²) in [6.45, 7) is 2.80. The number of rotatable bonds is 4. The number of primary amides is 1. The highest BCUT2D eigenvalue weighted by Gasteiger charge is 2.40. The van der Waals surface area contributed by atoms with Crippen LogP contribution in [0.3, 0.4) is 0 Å². The molecule has 0 saturated carbocycles. The van der Waals surface area contributed by atoms with Crippen LogP contribution in [0, 0.1) is 5.41 Å². The summed E-state index contributed by atoms with van der Waals surface area (Å²) in [7, 11) is 0. The molecule has 118 valence electrons. The number of carbonyl (C=O) groups is 3. The molecule has 2 aliphatic rings. The van der Waals surface area contributed by atoms with Crippen LogP contribution in [0.15, 0.2) is 0 Å². The molecule has 2 saturated heterocycles. The van der Waals surface area contributed by atoms with E-state index in [1.807, 2.05) is 0 Å². The SMILES string of the molecule is CC1(C(N)=O)CCN(C(=O)NCC2CCC(C(=O)O)O2)C1. The Morgan fingerprint density at radius 2 is 2.14 bits per heavy atom. The third kappa shape index (κ3) is 3.44. The van der Waals surface area contributed by atoms with E-state index in [-0.39, 0.29) is 18.7 Å². The van der Waals surface area contributed by atoms with Crippen molar-refractivity contribution in [2.75, 3.05) is 19.6 Å². The molecule has 0 aliphatic carbocycles. The lowest BCUT2D eigenvalue weighted by molar-refractivity contribution is -0.149. The first-order valence-corrected chi connectivity index (χ1v) is 7.03. The summed E-state index contributed by atoms with van der Waals surface area (Å²) in [5.74, 6) is -1.37. The molecule has 4 N–H and O–H groups in total. The van der Waals surface area contributed by atoms with Gasteiger partial charge >= 0.3 is 12.0 Å². The summed E-state index contributed by atoms with van der Waals surface area (Å²) in [6.07, 6.45) is 0.559. The smallest absolute Gasteiger partial charge is 0.332 e. The molecule has 8 nitrogen and oxygen atoms in total. The lowest BCUT2D eigenvalue weighted by Gasteiger charge is -2.22. The Bertz CT molecular complexity index is 455. The maximum atomic E-state index is 12.0. The van der Waals surface area contributed by atoms with E-state index in [0.717, 1.165) is 0 Å². The number of likely N-dealkylation sites (tertiary alicyclic amines) is 1. The third-order valence-corrected chi connectivity index (χ3v) is 4.22. The van der Waals surface area contributed by atoms with Crippen LogP contribution in [0.4, 0.5) is 4.79 Å². The number of nitrogens with two attached hydrogens (primary N) is 1. The van der Waals surface area contributed by atoms with Crippen molar-refractivity contribution in [1.29, 1.82) is 0 Å². The van der Waals surface area contributed by atoms with Crippen LogP contribution in [-0.2, 0) is 14.3 Å². The summed E-state index contributed by atoms with van der Waals surface area (Å²) in [5, 5.41) is 11.5. The van der Waals surface area contributed by atoms with Crippen molar-refractivity contribution in [2.24, 2.45) is 11.1 Å². The maximum absolute atomic E-state index is 12.0. The molecular weight excluding hydrogens is 278 g/mol. The Morgan fingerprint density at radius 3 is 2.67 bits per heavy atom. The highest BCUT2D eigenvalue weighted by atomic mass is 16.5. The van der Waals surface area contributed by atoms with Gasteiger partial charge in [0.25, 0.3) is 0 Å². The zero-order valence-electron chi connectivity index (χ0n) is 12.0. The van der Waals surface area contributed by atoms with E-state index in [2.05, 4.69) is 5.32 Å². The second-order valence-corrected chi connectivity index (χ2v) is 5.94. The lowest BCUT2D eigenvalue weighted by Crippen LogP contribution is -2.44. The zero-order chi connectivity index (χ0) is 15.6. The van der Waals surface area contributed by atoms with Crippen LogP contribution in [0.5, 0.6) is 0 Å². The Kier molecular flexibility index (Phi) is 4.36. The molecule has 0 radical (unpaired) electrons. The van der Waals surface area contributed by atoms with Crippen molar-refractivity contribution < 1.29 is 24.2 Å². The predicted octanol–water partition coefficient (Wildman–Crippen LogP) is -0.474. The van der Waals surface area contributed by atoms with Gasteiger partial charge in [0.2, 0.25) is 5.91 Å². The van der Waals surface area contributed by atoms with Crippen LogP contribution in [0.1, 0.15) is 26.2 Å². The minimum Gasteiger partial charge on any atom is -0.479 e. The first kappa shape index (κ1) is 15.6. The number of carboxylic acid groups (broad SMARTS) is 1. The molecule has 0 aromatic rings. The first-order valence-electron chi connectivity index (χ1n) is 7.03. The number of urea groups is 1. The molecule has 0 bridgehead atoms. The number of carbonyl (C=O) groups excluding carboxylic acids is 2. The van der Waals surface area contributed by atoms with E-state index in [4.69, 9.17) is 15.6 Å². The molecule has 0 aromatic heterocycles. The Hall–Kier alpha value is -1.83. The molecule has 0 aromatic carbocycles. The van der Waals surface area contributed by atoms with Crippen LogP contribution in [0.25, 0.3) is 0 Å². The standard InChI is InChI=1S/C13H21N3O5/c1-13(11(14)19)4-5-16(7-13)12(20)15-6-8-2-3-9(21-8)10(17)18/h8-9H,2-7H2,1H3,(H2,14,19)(H,15,20)(H,17,18). The maximum Gasteiger partial charge on any atom is 0.332 e. The number of aliphatic carboxylic acids is 1. The van der Waals surface area contributed by atoms with Crippen molar-refractivity contribution in [3.8, 4) is 0 Å². The fourth-order valence-electron chi connectivity index (χ4n) is 2.69. The lowest BCUT2D eigenvalue weighted by atomic mass is 9.89. The Morgan fingerprint density at radius 1 is 1.43 bits per heavy atom. The molecule has 2 rings (SSSR count). The largest absolute Gasteiger partial charge is 0.479 e. The van der Waals surface area contributed by atoms with Crippen molar-refractivity contribution in [3.05, 3.63) is 0 Å². The molecule has 8 heteroatoms. The van der Waals surface area contributed by atoms with Gasteiger partial charge in [0.05, 0.1) is 11.5 Å². The summed E-state index contributed by atoms with van der Waals surface area (Å²) in [5.41, 5.74) is 4.67. The van der Waals surface area contributed by atoms with E-state index in [1.54, 1.807) is 11.8 Å². The van der Waals surface area contributed by atoms with Crippen molar-refractivity contribution in [1.82, 2.24) is 10.2 Å². The van der Waals surface area contributed by atoms with Gasteiger partial charge in [-0.2, -0.15) is 0 Å². The van der Waals surface area contributed by atoms with Gasteiger partial charge in [-0.1, -0.05) is 0 Å². The topological polar surface area (TPSA) is 122 Å². The highest BCUT2D eigenvalue weighted by Crippen LogP contribution is 2.29. The van der Waals surface area contributed by atoms with E-state index < -0.39 is 23.4 Å². The molecule has 2 heterocycles. The van der Waals surface area contributed by atoms with Gasteiger partial charge in [-0.25, -0.2) is 9.59 Å². The highest BCUT2D eigenvalue weighted by molar-refractivity contribution is 5.83. The second-order valence-electron chi connectivity index (χ2n) is 5.94. The Balaban J connectivity index is 1.76. The summed E-state index contributed by atoms with van der Waals surface area (Å²) >= 11 is 0. The summed E-state index contributed by atoms with van der Waals surface area (Å²) in [6, 6.07) is -0.276. The van der Waals surface area contributed by atoms with Crippen LogP contribution in [0.2, 0.25) is 0 Å². The number of hydrogen-bond donors (Lipinski definition) is 3. The van der Waals surface area contributed by atoms with Crippen LogP contribution in [-0.4, -0.2) is 59.8 Å². The number of ether oxygens (including phenoxy) is 1. The molecular formula is C13H21N3O5. The van der Waals surface area contributed by atoms with Crippen molar-refractivity contribution in [3.63, 3.8) is 0 Å². The van der Waals surface area contributed by atoms with E-state index in [9.17, 15) is 14.4 Å². The molecule has 2 aliphatic heterocycles. The third-order valence-electron chi connectivity index (χ3n) is 4.22. The molecule has 3 unspecified atom stereocenters. The van der Waals surface area contributed by atoms with Gasteiger partial charge in [-0.3, -0.25) is 4.79 Å².